The summed E-state index contributed by atoms with van der Waals surface area (Å²) in [7, 11) is -17.8. The van der Waals surface area contributed by atoms with Gasteiger partial charge in [0.25, 0.3) is 11.4 Å². The van der Waals surface area contributed by atoms with Crippen LogP contribution in [0.4, 0.5) is 22.7 Å². The van der Waals surface area contributed by atoms with Crippen molar-refractivity contribution in [1.82, 2.24) is 0 Å². The molecule has 0 saturated carbocycles. The average Bonchev–Trinajstić information content (AvgIpc) is 2.80. The van der Waals surface area contributed by atoms with Crippen LogP contribution in [-0.2, 0) is 48.8 Å². The number of nitro benzene ring substituents is 2. The Morgan fingerprint density at radius 2 is 1.17 bits per heavy atom. The summed E-state index contributed by atoms with van der Waals surface area (Å²) in [5.74, 6) is -1.65. The van der Waals surface area contributed by atoms with Gasteiger partial charge in [-0.1, -0.05) is 0 Å². The van der Waals surface area contributed by atoms with Crippen LogP contribution in [-0.4, -0.2) is 77.3 Å². The van der Waals surface area contributed by atoms with Crippen molar-refractivity contribution in [2.75, 3.05) is 36.2 Å². The third kappa shape index (κ3) is 11.6. The van der Waals surface area contributed by atoms with Gasteiger partial charge in [0.1, 0.15) is 5.69 Å². The normalized spacial score (nSPS) is 12.3. The van der Waals surface area contributed by atoms with E-state index in [9.17, 15) is 53.9 Å². The fourth-order valence-electron chi connectivity index (χ4n) is 2.58. The molecule has 2 rings (SSSR count). The SMILES string of the molecule is Nc1c(Br)cc(S(=O)(=O)CCOS(=O)(=O)O)cc1[N+](=O)[O-].Nc1c(Br)cc([N+](=O)[O-])cc1S(=O)(=O)CCOS(=O)(=O)O. The molecule has 0 aromatic heterocycles. The molecule has 0 unspecified atom stereocenters. The standard InChI is InChI=1S/2C8H9BrN2O8S2/c9-6-3-5(4-7(8(6)10)11(12)13)20(14,15)2-1-19-21(16,17)18;9-6-3-5(11(12)13)4-7(8(6)10)20(14,15)2-1-19-21(16,17)18/h2*3-4H,1-2,10H2,(H,16,17,18). The largest absolute Gasteiger partial charge is 0.397 e. The summed E-state index contributed by atoms with van der Waals surface area (Å²) in [5.41, 5.74) is 9.35. The molecule has 2 aromatic carbocycles. The lowest BCUT2D eigenvalue weighted by atomic mass is 10.3. The van der Waals surface area contributed by atoms with Gasteiger partial charge in [-0.05, 0) is 37.9 Å². The van der Waals surface area contributed by atoms with Gasteiger partial charge in [-0.15, -0.1) is 0 Å². The van der Waals surface area contributed by atoms with Crippen LogP contribution in [0.25, 0.3) is 0 Å². The molecule has 236 valence electrons. The Balaban J connectivity index is 0.000000420. The highest BCUT2D eigenvalue weighted by Gasteiger charge is 2.25. The molecule has 2 aromatic rings. The number of sulfone groups is 2. The molecule has 26 heteroatoms. The van der Waals surface area contributed by atoms with Crippen molar-refractivity contribution < 1.29 is 61.0 Å². The van der Waals surface area contributed by atoms with E-state index < -0.39 is 96.2 Å². The van der Waals surface area contributed by atoms with E-state index in [-0.39, 0.29) is 20.3 Å². The lowest BCUT2D eigenvalue weighted by Crippen LogP contribution is -2.17. The molecule has 42 heavy (non-hydrogen) atoms. The number of nitro groups is 2. The van der Waals surface area contributed by atoms with Crippen molar-refractivity contribution in [3.05, 3.63) is 53.4 Å². The van der Waals surface area contributed by atoms with Crippen LogP contribution in [0.15, 0.2) is 43.0 Å². The predicted molar refractivity (Wildman–Crippen MR) is 150 cm³/mol. The first-order chi connectivity index (χ1) is 18.9. The van der Waals surface area contributed by atoms with Crippen LogP contribution in [0, 0.1) is 20.2 Å². The van der Waals surface area contributed by atoms with E-state index in [1.807, 2.05) is 0 Å². The molecule has 0 atom stereocenters. The minimum Gasteiger partial charge on any atom is -0.397 e. The van der Waals surface area contributed by atoms with Gasteiger partial charge >= 0.3 is 20.8 Å². The van der Waals surface area contributed by atoms with E-state index in [0.29, 0.717) is 0 Å². The maximum Gasteiger partial charge on any atom is 0.397 e. The average molecular weight is 810 g/mol. The van der Waals surface area contributed by atoms with E-state index in [4.69, 9.17) is 20.6 Å². The van der Waals surface area contributed by atoms with Gasteiger partial charge in [-0.25, -0.2) is 25.2 Å². The fourth-order valence-corrected chi connectivity index (χ4v) is 6.95. The van der Waals surface area contributed by atoms with E-state index in [1.54, 1.807) is 0 Å². The topological polar surface area (TPSA) is 334 Å². The minimum absolute atomic E-state index is 0.00553. The Labute approximate surface area is 254 Å². The third-order valence-corrected chi connectivity index (χ3v) is 10.0. The number of anilines is 2. The summed E-state index contributed by atoms with van der Waals surface area (Å²) in [6, 6.07) is 3.58. The second kappa shape index (κ2) is 14.3. The summed E-state index contributed by atoms with van der Waals surface area (Å²) in [4.78, 5) is 18.8. The fraction of sp³-hybridized carbons (Fsp3) is 0.250. The highest BCUT2D eigenvalue weighted by molar-refractivity contribution is 9.11. The van der Waals surface area contributed by atoms with Gasteiger partial charge in [0, 0.05) is 27.1 Å². The summed E-state index contributed by atoms with van der Waals surface area (Å²) >= 11 is 5.79. The van der Waals surface area contributed by atoms with Crippen LogP contribution >= 0.6 is 31.9 Å². The zero-order valence-electron chi connectivity index (χ0n) is 20.2. The van der Waals surface area contributed by atoms with Crippen molar-refractivity contribution in [3.63, 3.8) is 0 Å². The van der Waals surface area contributed by atoms with Crippen LogP contribution in [0.5, 0.6) is 0 Å². The van der Waals surface area contributed by atoms with E-state index in [0.717, 1.165) is 24.3 Å². The van der Waals surface area contributed by atoms with Crippen molar-refractivity contribution in [3.8, 4) is 0 Å². The van der Waals surface area contributed by atoms with Gasteiger partial charge < -0.3 is 11.5 Å². The zero-order chi connectivity index (χ0) is 32.8. The first-order valence-electron chi connectivity index (χ1n) is 10.0. The Morgan fingerprint density at radius 3 is 1.60 bits per heavy atom. The van der Waals surface area contributed by atoms with E-state index in [1.165, 1.54) is 0 Å². The van der Waals surface area contributed by atoms with Gasteiger partial charge in [-0.2, -0.15) is 16.8 Å². The molecule has 0 fully saturated rings. The van der Waals surface area contributed by atoms with Crippen molar-refractivity contribution >= 4 is 95.1 Å². The summed E-state index contributed by atoms with van der Waals surface area (Å²) < 4.78 is 114. The quantitative estimate of drug-likeness (QED) is 0.101. The molecule has 0 aliphatic heterocycles. The molecule has 0 aliphatic rings. The summed E-state index contributed by atoms with van der Waals surface area (Å²) in [6.45, 7) is -1.70. The second-order valence-electron chi connectivity index (χ2n) is 7.33. The summed E-state index contributed by atoms with van der Waals surface area (Å²) in [6.07, 6.45) is 0. The summed E-state index contributed by atoms with van der Waals surface area (Å²) in [5, 5.41) is 21.5. The van der Waals surface area contributed by atoms with Crippen LogP contribution in [0.1, 0.15) is 0 Å². The first-order valence-corrected chi connectivity index (χ1v) is 17.7. The Bertz CT molecular complexity index is 1810. The first kappa shape index (κ1) is 37.5. The Kier molecular flexibility index (Phi) is 12.7. The lowest BCUT2D eigenvalue weighted by Gasteiger charge is -2.08. The number of benzene rings is 2. The molecule has 0 aliphatic carbocycles. The van der Waals surface area contributed by atoms with Crippen molar-refractivity contribution in [2.24, 2.45) is 0 Å². The monoisotopic (exact) mass is 808 g/mol. The molecule has 0 saturated heterocycles. The van der Waals surface area contributed by atoms with Gasteiger partial charge in [0.15, 0.2) is 19.7 Å². The number of non-ortho nitro benzene ring substituents is 1. The number of hydrogen-bond donors (Lipinski definition) is 4. The number of hydrogen-bond acceptors (Lipinski definition) is 16. The van der Waals surface area contributed by atoms with Gasteiger partial charge in [-0.3, -0.25) is 29.3 Å². The minimum atomic E-state index is -4.78. The van der Waals surface area contributed by atoms with E-state index >= 15 is 0 Å². The Morgan fingerprint density at radius 1 is 0.714 bits per heavy atom. The second-order valence-corrected chi connectivity index (χ2v) is 15.4. The predicted octanol–water partition coefficient (Wildman–Crippen LogP) is 1.07. The lowest BCUT2D eigenvalue weighted by molar-refractivity contribution is -0.385. The Hall–Kier alpha value is -2.56. The molecule has 6 N–H and O–H groups in total. The highest BCUT2D eigenvalue weighted by atomic mass is 79.9. The molecule has 0 amide bonds. The van der Waals surface area contributed by atoms with Gasteiger partial charge in [0.2, 0.25) is 0 Å². The molecule has 0 spiro atoms. The van der Waals surface area contributed by atoms with Crippen LogP contribution in [0.2, 0.25) is 0 Å². The molecule has 20 nitrogen and oxygen atoms in total. The van der Waals surface area contributed by atoms with Gasteiger partial charge in [0.05, 0.1) is 50.0 Å². The van der Waals surface area contributed by atoms with Crippen molar-refractivity contribution in [1.29, 1.82) is 0 Å². The number of nitrogens with zero attached hydrogens (tertiary/aromatic N) is 2. The van der Waals surface area contributed by atoms with E-state index in [2.05, 4.69) is 40.2 Å². The number of nitrogen functional groups attached to an aromatic ring is 2. The molecular formula is C16H18Br2N4O16S4. The maximum absolute atomic E-state index is 12.0. The number of rotatable bonds is 12. The number of halogens is 2. The highest BCUT2D eigenvalue weighted by Crippen LogP contribution is 2.34. The molecule has 0 radical (unpaired) electrons. The zero-order valence-corrected chi connectivity index (χ0v) is 26.6. The van der Waals surface area contributed by atoms with Crippen LogP contribution in [0.3, 0.4) is 0 Å². The van der Waals surface area contributed by atoms with Crippen LogP contribution < -0.4 is 11.5 Å². The smallest absolute Gasteiger partial charge is 0.397 e. The molecule has 0 bridgehead atoms. The number of nitrogens with two attached hydrogens (primary N) is 2. The molecule has 0 heterocycles. The third-order valence-electron chi connectivity index (χ3n) is 4.43. The maximum atomic E-state index is 12.0. The van der Waals surface area contributed by atoms with Crippen molar-refractivity contribution in [2.45, 2.75) is 9.79 Å². The molecular weight excluding hydrogens is 792 g/mol.